The van der Waals surface area contributed by atoms with Crippen LogP contribution in [0.25, 0.3) is 53.5 Å². The molecule has 1 N–H and O–H groups in total. The molecular formula is C47H45N3OS. The van der Waals surface area contributed by atoms with E-state index in [9.17, 15) is 10.4 Å². The predicted molar refractivity (Wildman–Crippen MR) is 222 cm³/mol. The van der Waals surface area contributed by atoms with Crippen LogP contribution in [0, 0.1) is 11.3 Å². The van der Waals surface area contributed by atoms with E-state index >= 15 is 0 Å². The Morgan fingerprint density at radius 2 is 1.37 bits per heavy atom. The molecule has 1 heterocycles. The maximum atomic E-state index is 11.6. The summed E-state index contributed by atoms with van der Waals surface area (Å²) in [6.07, 6.45) is 1.83. The molecule has 0 bridgehead atoms. The van der Waals surface area contributed by atoms with Crippen LogP contribution in [0.1, 0.15) is 90.1 Å². The number of aromatic hydroxyl groups is 1. The number of benzene rings is 6. The molecule has 7 rings (SSSR count). The van der Waals surface area contributed by atoms with Gasteiger partial charge in [0, 0.05) is 33.9 Å². The second kappa shape index (κ2) is 12.7. The van der Waals surface area contributed by atoms with Gasteiger partial charge in [0.15, 0.2) is 0 Å². The third-order valence-corrected chi connectivity index (χ3v) is 11.0. The van der Waals surface area contributed by atoms with Crippen molar-refractivity contribution in [3.8, 4) is 33.5 Å². The zero-order valence-electron chi connectivity index (χ0n) is 31.5. The summed E-state index contributed by atoms with van der Waals surface area (Å²) in [5, 5.41) is 26.2. The van der Waals surface area contributed by atoms with Crippen LogP contribution in [-0.2, 0) is 16.2 Å². The number of aliphatic imine (C=N–C) groups is 1. The number of hydrogen-bond acceptors (Lipinski definition) is 5. The van der Waals surface area contributed by atoms with Crippen molar-refractivity contribution >= 4 is 55.0 Å². The molecule has 0 fully saturated rings. The summed E-state index contributed by atoms with van der Waals surface area (Å²) in [6.45, 7) is 19.7. The van der Waals surface area contributed by atoms with E-state index in [2.05, 4.69) is 135 Å². The van der Waals surface area contributed by atoms with Gasteiger partial charge in [-0.2, -0.15) is 5.26 Å². The normalized spacial score (nSPS) is 12.7. The predicted octanol–water partition coefficient (Wildman–Crippen LogP) is 13.2. The van der Waals surface area contributed by atoms with Gasteiger partial charge in [-0.15, -0.1) is 11.3 Å². The smallest absolute Gasteiger partial charge is 0.128 e. The molecule has 5 heteroatoms. The van der Waals surface area contributed by atoms with Gasteiger partial charge in [0.1, 0.15) is 10.8 Å². The molecule has 6 aromatic carbocycles. The fourth-order valence-electron chi connectivity index (χ4n) is 6.74. The summed E-state index contributed by atoms with van der Waals surface area (Å²) in [4.78, 5) is 10.6. The first-order valence-electron chi connectivity index (χ1n) is 17.8. The number of rotatable bonds is 4. The van der Waals surface area contributed by atoms with Crippen molar-refractivity contribution in [2.45, 2.75) is 78.6 Å². The van der Waals surface area contributed by atoms with E-state index in [1.165, 1.54) is 5.56 Å². The van der Waals surface area contributed by atoms with E-state index in [1.807, 2.05) is 36.5 Å². The second-order valence-electron chi connectivity index (χ2n) is 16.9. The van der Waals surface area contributed by atoms with E-state index in [0.29, 0.717) is 11.1 Å². The number of hydrogen-bond donors (Lipinski definition) is 1. The quantitative estimate of drug-likeness (QED) is 0.186. The lowest BCUT2D eigenvalue weighted by Gasteiger charge is -2.27. The number of fused-ring (bicyclic) bond motifs is 3. The highest BCUT2D eigenvalue weighted by Crippen LogP contribution is 2.45. The van der Waals surface area contributed by atoms with Crippen LogP contribution >= 0.6 is 11.3 Å². The average molecular weight is 700 g/mol. The van der Waals surface area contributed by atoms with Gasteiger partial charge < -0.3 is 5.11 Å². The summed E-state index contributed by atoms with van der Waals surface area (Å²) in [5.41, 5.74) is 9.15. The fourth-order valence-corrected chi connectivity index (χ4v) is 7.80. The molecule has 4 nitrogen and oxygen atoms in total. The van der Waals surface area contributed by atoms with Crippen molar-refractivity contribution in [1.82, 2.24) is 4.98 Å². The monoisotopic (exact) mass is 699 g/mol. The van der Waals surface area contributed by atoms with Crippen LogP contribution in [-0.4, -0.2) is 16.3 Å². The molecule has 7 aromatic rings. The van der Waals surface area contributed by atoms with E-state index in [1.54, 1.807) is 11.3 Å². The highest BCUT2D eigenvalue weighted by molar-refractivity contribution is 7.21. The van der Waals surface area contributed by atoms with Gasteiger partial charge in [0.25, 0.3) is 0 Å². The molecule has 0 radical (unpaired) electrons. The Morgan fingerprint density at radius 1 is 0.692 bits per heavy atom. The Balaban J connectivity index is 1.44. The third-order valence-electron chi connectivity index (χ3n) is 9.92. The molecule has 0 unspecified atom stereocenters. The molecule has 260 valence electrons. The minimum absolute atomic E-state index is 0.0699. The molecule has 0 aliphatic heterocycles. The molecule has 0 spiro atoms. The molecule has 0 aliphatic carbocycles. The molecule has 0 atom stereocenters. The number of phenols is 1. The lowest BCUT2D eigenvalue weighted by molar-refractivity contribution is 0.444. The van der Waals surface area contributed by atoms with Crippen molar-refractivity contribution in [3.05, 3.63) is 125 Å². The third kappa shape index (κ3) is 6.60. The first kappa shape index (κ1) is 35.1. The van der Waals surface area contributed by atoms with Crippen LogP contribution in [0.15, 0.2) is 102 Å². The first-order valence-corrected chi connectivity index (χ1v) is 18.7. The molecule has 0 saturated heterocycles. The minimum atomic E-state index is -0.242. The lowest BCUT2D eigenvalue weighted by atomic mass is 9.79. The van der Waals surface area contributed by atoms with Gasteiger partial charge >= 0.3 is 0 Å². The van der Waals surface area contributed by atoms with Crippen molar-refractivity contribution in [2.24, 2.45) is 4.99 Å². The highest BCUT2D eigenvalue weighted by Gasteiger charge is 2.25. The molecular weight excluding hydrogens is 655 g/mol. The number of thiazole rings is 1. The minimum Gasteiger partial charge on any atom is -0.507 e. The van der Waals surface area contributed by atoms with Crippen molar-refractivity contribution in [1.29, 1.82) is 5.26 Å². The van der Waals surface area contributed by atoms with Gasteiger partial charge in [0.2, 0.25) is 0 Å². The zero-order valence-corrected chi connectivity index (χ0v) is 32.3. The fraction of sp³-hybridized carbons (Fsp3) is 0.255. The molecule has 1 aromatic heterocycles. The zero-order chi connectivity index (χ0) is 37.2. The van der Waals surface area contributed by atoms with E-state index in [4.69, 9.17) is 9.98 Å². The average Bonchev–Trinajstić information content (AvgIpc) is 3.53. The van der Waals surface area contributed by atoms with Gasteiger partial charge in [0.05, 0.1) is 27.5 Å². The largest absolute Gasteiger partial charge is 0.507 e. The van der Waals surface area contributed by atoms with E-state index in [-0.39, 0.29) is 22.0 Å². The maximum Gasteiger partial charge on any atom is 0.128 e. The van der Waals surface area contributed by atoms with Gasteiger partial charge in [-0.1, -0.05) is 117 Å². The van der Waals surface area contributed by atoms with Crippen LogP contribution in [0.2, 0.25) is 0 Å². The summed E-state index contributed by atoms with van der Waals surface area (Å²) >= 11 is 1.69. The Labute approximate surface area is 311 Å². The Bertz CT molecular complexity index is 2600. The first-order chi connectivity index (χ1) is 24.5. The Morgan fingerprint density at radius 3 is 2.08 bits per heavy atom. The second-order valence-corrected chi connectivity index (χ2v) is 18.0. The number of nitrogens with zero attached hydrogens (tertiary/aromatic N) is 3. The number of nitriles is 1. The van der Waals surface area contributed by atoms with Crippen molar-refractivity contribution in [2.75, 3.05) is 0 Å². The topological polar surface area (TPSA) is 69.3 Å². The summed E-state index contributed by atoms with van der Waals surface area (Å²) in [6, 6.07) is 35.9. The molecule has 0 aliphatic rings. The Hall–Kier alpha value is -5.31. The summed E-state index contributed by atoms with van der Waals surface area (Å²) in [5.74, 6) is 0.268. The highest BCUT2D eigenvalue weighted by atomic mass is 32.1. The standard InChI is InChI=1S/C47H45N3OS/c1-45(2,3)34-22-33(43(51)39(24-34)47(7,8)9)27-49-41-36-13-11-10-12-29(36)18-19-37(41)44-50-42-38(23-35(46(4,5)6)25-40(42)52-44)32-17-16-30-20-28(26-48)14-15-31(30)21-32/h10-25,27,51H,1-9H3. The number of aromatic nitrogens is 1. The Kier molecular flexibility index (Phi) is 8.59. The van der Waals surface area contributed by atoms with Gasteiger partial charge in [-0.25, -0.2) is 4.98 Å². The summed E-state index contributed by atoms with van der Waals surface area (Å²) < 4.78 is 1.12. The van der Waals surface area contributed by atoms with Gasteiger partial charge in [-0.3, -0.25) is 4.99 Å². The summed E-state index contributed by atoms with van der Waals surface area (Å²) in [7, 11) is 0. The van der Waals surface area contributed by atoms with Gasteiger partial charge in [-0.05, 0) is 91.6 Å². The van der Waals surface area contributed by atoms with E-state index < -0.39 is 0 Å². The van der Waals surface area contributed by atoms with E-state index in [0.717, 1.165) is 70.3 Å². The van der Waals surface area contributed by atoms with Crippen molar-refractivity contribution < 1.29 is 5.11 Å². The van der Waals surface area contributed by atoms with Crippen LogP contribution < -0.4 is 0 Å². The molecule has 0 amide bonds. The van der Waals surface area contributed by atoms with Crippen molar-refractivity contribution in [3.63, 3.8) is 0 Å². The molecule has 52 heavy (non-hydrogen) atoms. The van der Waals surface area contributed by atoms with Crippen LogP contribution in [0.3, 0.4) is 0 Å². The maximum absolute atomic E-state index is 11.6. The lowest BCUT2D eigenvalue weighted by Crippen LogP contribution is -2.17. The molecule has 0 saturated carbocycles. The SMILES string of the molecule is CC(C)(C)c1cc(C=Nc2c(-c3nc4c(-c5ccc6cc(C#N)ccc6c5)cc(C(C)(C)C)cc4s3)ccc3ccccc23)c(O)c(C(C)(C)C)c1. The number of phenolic OH excluding ortho intramolecular Hbond substituents is 1. The van der Waals surface area contributed by atoms with Crippen LogP contribution in [0.5, 0.6) is 5.75 Å². The van der Waals surface area contributed by atoms with Crippen LogP contribution in [0.4, 0.5) is 5.69 Å².